The number of hydrogen-bond acceptors (Lipinski definition) is 3. The average molecular weight is 339 g/mol. The maximum absolute atomic E-state index is 12.2. The maximum Gasteiger partial charge on any atom is 0.255 e. The standard InChI is InChI=1S/C20H25N3O2/c1-15(13-19(24)21-2)23(3)14-16-9-11-17(12-10-16)20(25)22-18-7-5-4-6-8-18/h4-12,15H,13-14H2,1-3H3,(H,21,24)(H,22,25)/t15-/m1/s1. The second-order valence-corrected chi connectivity index (χ2v) is 6.16. The summed E-state index contributed by atoms with van der Waals surface area (Å²) in [4.78, 5) is 25.8. The monoisotopic (exact) mass is 339 g/mol. The normalized spacial score (nSPS) is 11.8. The van der Waals surface area contributed by atoms with E-state index in [2.05, 4.69) is 15.5 Å². The topological polar surface area (TPSA) is 61.4 Å². The lowest BCUT2D eigenvalue weighted by molar-refractivity contribution is -0.121. The summed E-state index contributed by atoms with van der Waals surface area (Å²) in [6, 6.07) is 17.1. The van der Waals surface area contributed by atoms with Crippen molar-refractivity contribution in [1.29, 1.82) is 0 Å². The van der Waals surface area contributed by atoms with E-state index < -0.39 is 0 Å². The molecular weight excluding hydrogens is 314 g/mol. The third kappa shape index (κ3) is 5.72. The summed E-state index contributed by atoms with van der Waals surface area (Å²) in [6.07, 6.45) is 0.463. The molecule has 2 aromatic rings. The highest BCUT2D eigenvalue weighted by Crippen LogP contribution is 2.12. The van der Waals surface area contributed by atoms with Crippen LogP contribution in [-0.4, -0.2) is 36.9 Å². The summed E-state index contributed by atoms with van der Waals surface area (Å²) >= 11 is 0. The number of carbonyl (C=O) groups is 2. The highest BCUT2D eigenvalue weighted by molar-refractivity contribution is 6.04. The van der Waals surface area contributed by atoms with Gasteiger partial charge in [0.1, 0.15) is 0 Å². The van der Waals surface area contributed by atoms with Crippen molar-refractivity contribution in [2.75, 3.05) is 19.4 Å². The second kappa shape index (κ2) is 8.99. The third-order valence-electron chi connectivity index (χ3n) is 4.19. The first-order chi connectivity index (χ1) is 12.0. The van der Waals surface area contributed by atoms with Crippen molar-refractivity contribution >= 4 is 17.5 Å². The SMILES string of the molecule is CNC(=O)C[C@@H](C)N(C)Cc1ccc(C(=O)Nc2ccccc2)cc1. The number of nitrogens with one attached hydrogen (secondary N) is 2. The molecule has 0 fully saturated rings. The van der Waals surface area contributed by atoms with Gasteiger partial charge in [-0.1, -0.05) is 30.3 Å². The molecule has 132 valence electrons. The predicted octanol–water partition coefficient (Wildman–Crippen LogP) is 2.90. The fraction of sp³-hybridized carbons (Fsp3) is 0.300. The summed E-state index contributed by atoms with van der Waals surface area (Å²) in [5, 5.41) is 5.52. The molecule has 2 N–H and O–H groups in total. The molecular formula is C20H25N3O2. The van der Waals surface area contributed by atoms with E-state index in [0.717, 1.165) is 17.8 Å². The highest BCUT2D eigenvalue weighted by Gasteiger charge is 2.13. The number of para-hydroxylation sites is 1. The number of amides is 2. The molecule has 2 amide bonds. The lowest BCUT2D eigenvalue weighted by atomic mass is 10.1. The van der Waals surface area contributed by atoms with E-state index in [1.807, 2.05) is 68.6 Å². The minimum Gasteiger partial charge on any atom is -0.359 e. The molecule has 0 saturated carbocycles. The first-order valence-corrected chi connectivity index (χ1v) is 8.35. The minimum atomic E-state index is -0.126. The summed E-state index contributed by atoms with van der Waals surface area (Å²) in [5.41, 5.74) is 2.50. The summed E-state index contributed by atoms with van der Waals surface area (Å²) < 4.78 is 0. The van der Waals surface area contributed by atoms with Crippen LogP contribution >= 0.6 is 0 Å². The molecule has 0 heterocycles. The molecule has 0 bridgehead atoms. The Balaban J connectivity index is 1.93. The average Bonchev–Trinajstić information content (AvgIpc) is 2.62. The molecule has 0 aliphatic rings. The van der Waals surface area contributed by atoms with Crippen molar-refractivity contribution in [3.8, 4) is 0 Å². The Morgan fingerprint density at radius 3 is 2.28 bits per heavy atom. The number of nitrogens with zero attached hydrogens (tertiary/aromatic N) is 1. The van der Waals surface area contributed by atoms with Crippen molar-refractivity contribution < 1.29 is 9.59 Å². The van der Waals surface area contributed by atoms with E-state index in [0.29, 0.717) is 12.0 Å². The Morgan fingerprint density at radius 1 is 1.04 bits per heavy atom. The van der Waals surface area contributed by atoms with Crippen LogP contribution in [0.1, 0.15) is 29.3 Å². The lowest BCUT2D eigenvalue weighted by Crippen LogP contribution is -2.33. The van der Waals surface area contributed by atoms with Gasteiger partial charge in [-0.05, 0) is 43.8 Å². The minimum absolute atomic E-state index is 0.0345. The molecule has 0 saturated heterocycles. The largest absolute Gasteiger partial charge is 0.359 e. The van der Waals surface area contributed by atoms with Gasteiger partial charge in [0, 0.05) is 37.3 Å². The van der Waals surface area contributed by atoms with E-state index >= 15 is 0 Å². The van der Waals surface area contributed by atoms with Crippen LogP contribution < -0.4 is 10.6 Å². The van der Waals surface area contributed by atoms with Gasteiger partial charge in [0.05, 0.1) is 0 Å². The van der Waals surface area contributed by atoms with Crippen LogP contribution in [-0.2, 0) is 11.3 Å². The molecule has 5 nitrogen and oxygen atoms in total. The molecule has 2 rings (SSSR count). The van der Waals surface area contributed by atoms with E-state index in [1.165, 1.54) is 0 Å². The number of benzene rings is 2. The van der Waals surface area contributed by atoms with Gasteiger partial charge in [-0.15, -0.1) is 0 Å². The summed E-state index contributed by atoms with van der Waals surface area (Å²) in [7, 11) is 3.64. The van der Waals surface area contributed by atoms with Gasteiger partial charge < -0.3 is 10.6 Å². The molecule has 2 aromatic carbocycles. The first kappa shape index (κ1) is 18.7. The Hall–Kier alpha value is -2.66. The van der Waals surface area contributed by atoms with Crippen LogP contribution in [0.3, 0.4) is 0 Å². The molecule has 0 aromatic heterocycles. The molecule has 0 radical (unpaired) electrons. The van der Waals surface area contributed by atoms with Gasteiger partial charge in [-0.25, -0.2) is 0 Å². The zero-order valence-electron chi connectivity index (χ0n) is 15.0. The quantitative estimate of drug-likeness (QED) is 0.815. The second-order valence-electron chi connectivity index (χ2n) is 6.16. The van der Waals surface area contributed by atoms with Crippen LogP contribution in [0.25, 0.3) is 0 Å². The fourth-order valence-electron chi connectivity index (χ4n) is 2.46. The summed E-state index contributed by atoms with van der Waals surface area (Å²) in [6.45, 7) is 2.75. The fourth-order valence-corrected chi connectivity index (χ4v) is 2.46. The molecule has 0 spiro atoms. The van der Waals surface area contributed by atoms with Crippen LogP contribution in [0.2, 0.25) is 0 Å². The van der Waals surface area contributed by atoms with Crippen LogP contribution in [0.5, 0.6) is 0 Å². The third-order valence-corrected chi connectivity index (χ3v) is 4.19. The molecule has 0 aliphatic carbocycles. The molecule has 25 heavy (non-hydrogen) atoms. The smallest absolute Gasteiger partial charge is 0.255 e. The first-order valence-electron chi connectivity index (χ1n) is 8.35. The van der Waals surface area contributed by atoms with Gasteiger partial charge in [-0.3, -0.25) is 14.5 Å². The molecule has 1 atom stereocenters. The van der Waals surface area contributed by atoms with E-state index in [9.17, 15) is 9.59 Å². The van der Waals surface area contributed by atoms with E-state index in [1.54, 1.807) is 7.05 Å². The maximum atomic E-state index is 12.2. The van der Waals surface area contributed by atoms with Crippen molar-refractivity contribution in [3.63, 3.8) is 0 Å². The predicted molar refractivity (Wildman–Crippen MR) is 100 cm³/mol. The number of rotatable bonds is 7. The Morgan fingerprint density at radius 2 is 1.68 bits per heavy atom. The zero-order chi connectivity index (χ0) is 18.2. The van der Waals surface area contributed by atoms with Gasteiger partial charge in [0.25, 0.3) is 5.91 Å². The van der Waals surface area contributed by atoms with Crippen molar-refractivity contribution in [3.05, 3.63) is 65.7 Å². The highest BCUT2D eigenvalue weighted by atomic mass is 16.2. The Kier molecular flexibility index (Phi) is 6.71. The van der Waals surface area contributed by atoms with Gasteiger partial charge in [0.15, 0.2) is 0 Å². The van der Waals surface area contributed by atoms with Crippen LogP contribution in [0.15, 0.2) is 54.6 Å². The number of carbonyl (C=O) groups excluding carboxylic acids is 2. The van der Waals surface area contributed by atoms with Gasteiger partial charge in [-0.2, -0.15) is 0 Å². The Labute approximate surface area is 149 Å². The van der Waals surface area contributed by atoms with Gasteiger partial charge in [0.2, 0.25) is 5.91 Å². The molecule has 0 unspecified atom stereocenters. The van der Waals surface area contributed by atoms with Crippen LogP contribution in [0, 0.1) is 0 Å². The van der Waals surface area contributed by atoms with Crippen molar-refractivity contribution in [1.82, 2.24) is 10.2 Å². The number of hydrogen-bond donors (Lipinski definition) is 2. The summed E-state index contributed by atoms with van der Waals surface area (Å²) in [5.74, 6) is -0.0913. The molecule has 5 heteroatoms. The molecule has 0 aliphatic heterocycles. The lowest BCUT2D eigenvalue weighted by Gasteiger charge is -2.24. The number of anilines is 1. The van der Waals surface area contributed by atoms with E-state index in [-0.39, 0.29) is 17.9 Å². The van der Waals surface area contributed by atoms with E-state index in [4.69, 9.17) is 0 Å². The van der Waals surface area contributed by atoms with Crippen molar-refractivity contribution in [2.45, 2.75) is 25.9 Å². The van der Waals surface area contributed by atoms with Crippen molar-refractivity contribution in [2.24, 2.45) is 0 Å². The Bertz CT molecular complexity index is 699. The zero-order valence-corrected chi connectivity index (χ0v) is 15.0. The van der Waals surface area contributed by atoms with Gasteiger partial charge >= 0.3 is 0 Å². The van der Waals surface area contributed by atoms with Crippen LogP contribution in [0.4, 0.5) is 5.69 Å².